The van der Waals surface area contributed by atoms with Crippen LogP contribution in [0.1, 0.15) is 49.8 Å². The number of nitrogens with one attached hydrogen (secondary N) is 1. The number of ether oxygens (including phenoxy) is 1. The molecule has 2 aromatic rings. The van der Waals surface area contributed by atoms with Gasteiger partial charge in [0.25, 0.3) is 0 Å². The second-order valence-corrected chi connectivity index (χ2v) is 6.24. The van der Waals surface area contributed by atoms with E-state index in [-0.39, 0.29) is 23.7 Å². The lowest BCUT2D eigenvalue weighted by atomic mass is 9.91. The number of benzene rings is 1. The third-order valence-corrected chi connectivity index (χ3v) is 4.40. The van der Waals surface area contributed by atoms with E-state index in [1.807, 2.05) is 23.9 Å². The second kappa shape index (κ2) is 5.68. The van der Waals surface area contributed by atoms with Gasteiger partial charge >= 0.3 is 0 Å². The van der Waals surface area contributed by atoms with E-state index in [9.17, 15) is 9.59 Å². The molecule has 6 heteroatoms. The molecule has 6 nitrogen and oxygen atoms in total. The van der Waals surface area contributed by atoms with Crippen LogP contribution in [0.25, 0.3) is 10.9 Å². The van der Waals surface area contributed by atoms with Crippen molar-refractivity contribution in [2.24, 2.45) is 7.05 Å². The molecule has 3 rings (SSSR count). The van der Waals surface area contributed by atoms with Gasteiger partial charge in [-0.05, 0) is 24.5 Å². The van der Waals surface area contributed by atoms with Crippen LogP contribution in [0.15, 0.2) is 12.1 Å². The molecule has 0 radical (unpaired) electrons. The Morgan fingerprint density at radius 3 is 2.70 bits per heavy atom. The van der Waals surface area contributed by atoms with E-state index >= 15 is 0 Å². The van der Waals surface area contributed by atoms with Gasteiger partial charge in [0.2, 0.25) is 11.8 Å². The topological polar surface area (TPSA) is 73.2 Å². The smallest absolute Gasteiger partial charge is 0.235 e. The van der Waals surface area contributed by atoms with Crippen molar-refractivity contribution in [2.75, 3.05) is 7.11 Å². The number of fused-ring (bicyclic) bond motifs is 1. The summed E-state index contributed by atoms with van der Waals surface area (Å²) in [4.78, 5) is 23.6. The summed E-state index contributed by atoms with van der Waals surface area (Å²) < 4.78 is 7.31. The van der Waals surface area contributed by atoms with Crippen molar-refractivity contribution < 1.29 is 14.3 Å². The number of hydrogen-bond donors (Lipinski definition) is 1. The van der Waals surface area contributed by atoms with Crippen LogP contribution in [0.3, 0.4) is 0 Å². The van der Waals surface area contributed by atoms with Crippen LogP contribution in [-0.4, -0.2) is 28.7 Å². The third kappa shape index (κ3) is 2.48. The van der Waals surface area contributed by atoms with E-state index in [0.29, 0.717) is 12.8 Å². The zero-order valence-electron chi connectivity index (χ0n) is 13.8. The fourth-order valence-electron chi connectivity index (χ4n) is 3.36. The molecule has 122 valence electrons. The zero-order valence-corrected chi connectivity index (χ0v) is 13.8. The van der Waals surface area contributed by atoms with Crippen molar-refractivity contribution in [3.05, 3.63) is 23.4 Å². The Kier molecular flexibility index (Phi) is 3.83. The summed E-state index contributed by atoms with van der Waals surface area (Å²) in [6.07, 6.45) is 0.849. The van der Waals surface area contributed by atoms with Crippen LogP contribution in [0, 0.1) is 0 Å². The Balaban J connectivity index is 2.19. The number of aryl methyl sites for hydroxylation is 1. The lowest BCUT2D eigenvalue weighted by Gasteiger charge is -2.19. The van der Waals surface area contributed by atoms with Crippen molar-refractivity contribution in [3.63, 3.8) is 0 Å². The molecule has 0 bridgehead atoms. The minimum Gasteiger partial charge on any atom is -0.496 e. The number of hydrogen-bond acceptors (Lipinski definition) is 4. The molecule has 1 saturated heterocycles. The Morgan fingerprint density at radius 2 is 2.09 bits per heavy atom. The number of carbonyl (C=O) groups excluding carboxylic acids is 2. The summed E-state index contributed by atoms with van der Waals surface area (Å²) in [5.74, 6) is 0.230. The molecule has 1 aromatic heterocycles. The summed E-state index contributed by atoms with van der Waals surface area (Å²) in [5, 5.41) is 7.96. The number of amides is 2. The second-order valence-electron chi connectivity index (χ2n) is 6.24. The van der Waals surface area contributed by atoms with E-state index in [1.54, 1.807) is 7.11 Å². The molecule has 2 amide bonds. The van der Waals surface area contributed by atoms with Gasteiger partial charge < -0.3 is 4.74 Å². The molecule has 0 saturated carbocycles. The highest BCUT2D eigenvalue weighted by Gasteiger charge is 2.32. The van der Waals surface area contributed by atoms with Crippen molar-refractivity contribution >= 4 is 22.7 Å². The summed E-state index contributed by atoms with van der Waals surface area (Å²) in [5.41, 5.74) is 2.80. The fourth-order valence-corrected chi connectivity index (χ4v) is 3.36. The van der Waals surface area contributed by atoms with Crippen LogP contribution in [0.2, 0.25) is 0 Å². The first kappa shape index (κ1) is 15.5. The first-order chi connectivity index (χ1) is 10.9. The number of methoxy groups -OCH3 is 1. The minimum atomic E-state index is -0.384. The van der Waals surface area contributed by atoms with Gasteiger partial charge in [-0.1, -0.05) is 13.8 Å². The SMILES string of the molecule is COc1ccc2c(C3CCC(=O)NC3=O)nn(C)c2c1C(C)C. The standard InChI is InChI=1S/C17H21N3O3/c1-9(2)14-12(23-4)7-5-10-15(19-20(3)16(10)14)11-6-8-13(21)18-17(11)22/h5,7,9,11H,6,8H2,1-4H3,(H,18,21,22). The summed E-state index contributed by atoms with van der Waals surface area (Å²) in [7, 11) is 3.54. The number of aromatic nitrogens is 2. The highest BCUT2D eigenvalue weighted by Crippen LogP contribution is 2.38. The quantitative estimate of drug-likeness (QED) is 0.882. The Morgan fingerprint density at radius 1 is 1.35 bits per heavy atom. The van der Waals surface area contributed by atoms with Gasteiger partial charge in [-0.25, -0.2) is 0 Å². The largest absolute Gasteiger partial charge is 0.496 e. The molecule has 1 unspecified atom stereocenters. The minimum absolute atomic E-state index is 0.212. The Labute approximate surface area is 134 Å². The Hall–Kier alpha value is -2.37. The van der Waals surface area contributed by atoms with Crippen molar-refractivity contribution in [3.8, 4) is 5.75 Å². The average Bonchev–Trinajstić information content (AvgIpc) is 2.83. The first-order valence-corrected chi connectivity index (χ1v) is 7.81. The van der Waals surface area contributed by atoms with Gasteiger partial charge in [0, 0.05) is 24.4 Å². The van der Waals surface area contributed by atoms with Crippen LogP contribution in [0.5, 0.6) is 5.75 Å². The Bertz CT molecular complexity index is 792. The van der Waals surface area contributed by atoms with Gasteiger partial charge in [0.1, 0.15) is 5.75 Å². The van der Waals surface area contributed by atoms with Crippen LogP contribution in [0.4, 0.5) is 0 Å². The molecule has 23 heavy (non-hydrogen) atoms. The molecule has 0 spiro atoms. The molecule has 2 heterocycles. The van der Waals surface area contributed by atoms with Crippen LogP contribution in [-0.2, 0) is 16.6 Å². The average molecular weight is 315 g/mol. The monoisotopic (exact) mass is 315 g/mol. The molecular formula is C17H21N3O3. The molecule has 1 aliphatic heterocycles. The normalized spacial score (nSPS) is 18.6. The highest BCUT2D eigenvalue weighted by molar-refractivity contribution is 6.02. The molecular weight excluding hydrogens is 294 g/mol. The maximum absolute atomic E-state index is 12.2. The van der Waals surface area contributed by atoms with Gasteiger partial charge in [0.05, 0.1) is 24.2 Å². The van der Waals surface area contributed by atoms with Gasteiger partial charge in [-0.15, -0.1) is 0 Å². The molecule has 1 fully saturated rings. The van der Waals surface area contributed by atoms with Crippen LogP contribution < -0.4 is 10.1 Å². The maximum atomic E-state index is 12.2. The lowest BCUT2D eigenvalue weighted by molar-refractivity contribution is -0.134. The molecule has 1 aromatic carbocycles. The predicted molar refractivity (Wildman–Crippen MR) is 86.5 cm³/mol. The molecule has 1 aliphatic rings. The zero-order chi connectivity index (χ0) is 16.7. The maximum Gasteiger partial charge on any atom is 0.235 e. The number of imide groups is 1. The van der Waals surface area contributed by atoms with Gasteiger partial charge in [0.15, 0.2) is 0 Å². The molecule has 1 atom stereocenters. The van der Waals surface area contributed by atoms with E-state index in [1.165, 1.54) is 0 Å². The molecule has 0 aliphatic carbocycles. The van der Waals surface area contributed by atoms with Crippen molar-refractivity contribution in [1.82, 2.24) is 15.1 Å². The summed E-state index contributed by atoms with van der Waals surface area (Å²) >= 11 is 0. The van der Waals surface area contributed by atoms with Gasteiger partial charge in [-0.2, -0.15) is 5.10 Å². The van der Waals surface area contributed by atoms with Gasteiger partial charge in [-0.3, -0.25) is 19.6 Å². The van der Waals surface area contributed by atoms with Crippen molar-refractivity contribution in [2.45, 2.75) is 38.5 Å². The van der Waals surface area contributed by atoms with Crippen molar-refractivity contribution in [1.29, 1.82) is 0 Å². The summed E-state index contributed by atoms with van der Waals surface area (Å²) in [6.45, 7) is 4.21. The predicted octanol–water partition coefficient (Wildman–Crippen LogP) is 2.23. The summed E-state index contributed by atoms with van der Waals surface area (Å²) in [6, 6.07) is 3.88. The number of carbonyl (C=O) groups is 2. The highest BCUT2D eigenvalue weighted by atomic mass is 16.5. The molecule has 1 N–H and O–H groups in total. The fraction of sp³-hybridized carbons (Fsp3) is 0.471. The first-order valence-electron chi connectivity index (χ1n) is 7.81. The number of piperidine rings is 1. The van der Waals surface area contributed by atoms with E-state index in [0.717, 1.165) is 27.9 Å². The van der Waals surface area contributed by atoms with Crippen LogP contribution >= 0.6 is 0 Å². The number of rotatable bonds is 3. The van der Waals surface area contributed by atoms with E-state index in [4.69, 9.17) is 4.74 Å². The third-order valence-electron chi connectivity index (χ3n) is 4.40. The number of nitrogens with zero attached hydrogens (tertiary/aromatic N) is 2. The van der Waals surface area contributed by atoms with E-state index < -0.39 is 0 Å². The lowest BCUT2D eigenvalue weighted by Crippen LogP contribution is -2.39. The van der Waals surface area contributed by atoms with E-state index in [2.05, 4.69) is 24.3 Å².